The van der Waals surface area contributed by atoms with Crippen LogP contribution in [0.1, 0.15) is 11.1 Å². The van der Waals surface area contributed by atoms with Crippen LogP contribution in [-0.4, -0.2) is 18.1 Å². The van der Waals surface area contributed by atoms with E-state index in [0.717, 1.165) is 25.1 Å². The lowest BCUT2D eigenvalue weighted by molar-refractivity contribution is 0.755. The molecule has 3 rings (SSSR count). The molecule has 3 aromatic rings. The first kappa shape index (κ1) is 13.5. The normalized spacial score (nSPS) is 10.3. The Hall–Kier alpha value is -2.50. The van der Waals surface area contributed by atoms with Gasteiger partial charge in [-0.05, 0) is 30.2 Å². The lowest BCUT2D eigenvalue weighted by atomic mass is 10.1. The zero-order valence-corrected chi connectivity index (χ0v) is 11.9. The quantitative estimate of drug-likeness (QED) is 0.554. The van der Waals surface area contributed by atoms with Crippen molar-refractivity contribution in [1.29, 1.82) is 0 Å². The fourth-order valence-electron chi connectivity index (χ4n) is 2.38. The van der Waals surface area contributed by atoms with E-state index in [1.807, 2.05) is 30.3 Å². The Labute approximate surface area is 125 Å². The van der Waals surface area contributed by atoms with E-state index in [2.05, 4.69) is 52.6 Å². The third kappa shape index (κ3) is 3.53. The molecule has 0 amide bonds. The van der Waals surface area contributed by atoms with Crippen molar-refractivity contribution in [2.24, 2.45) is 0 Å². The zero-order chi connectivity index (χ0) is 14.3. The molecule has 0 aliphatic carbocycles. The Morgan fingerprint density at radius 2 is 1.76 bits per heavy atom. The monoisotopic (exact) mass is 274 g/mol. The number of hydrogen-bond acceptors (Lipinski definition) is 1. The van der Waals surface area contributed by atoms with Crippen LogP contribution in [-0.2, 0) is 6.42 Å². The number of fused-ring (bicyclic) bond motifs is 1. The highest BCUT2D eigenvalue weighted by Gasteiger charge is 2.01. The predicted molar refractivity (Wildman–Crippen MR) is 88.2 cm³/mol. The predicted octanol–water partition coefficient (Wildman–Crippen LogP) is 3.35. The van der Waals surface area contributed by atoms with E-state index in [4.69, 9.17) is 0 Å². The molecule has 21 heavy (non-hydrogen) atoms. The van der Waals surface area contributed by atoms with Gasteiger partial charge >= 0.3 is 0 Å². The van der Waals surface area contributed by atoms with E-state index in [1.165, 1.54) is 16.5 Å². The van der Waals surface area contributed by atoms with Crippen LogP contribution in [0.5, 0.6) is 0 Å². The molecule has 2 N–H and O–H groups in total. The largest absolute Gasteiger partial charge is 0.361 e. The van der Waals surface area contributed by atoms with E-state index in [9.17, 15) is 0 Å². The molecule has 0 aliphatic rings. The number of para-hydroxylation sites is 1. The summed E-state index contributed by atoms with van der Waals surface area (Å²) in [5.41, 5.74) is 3.63. The van der Waals surface area contributed by atoms with Gasteiger partial charge in [0.25, 0.3) is 0 Å². The number of benzene rings is 2. The van der Waals surface area contributed by atoms with Crippen LogP contribution in [0.2, 0.25) is 0 Å². The van der Waals surface area contributed by atoms with Crippen LogP contribution in [0.15, 0.2) is 60.8 Å². The fraction of sp³-hybridized carbons (Fsp3) is 0.158. The summed E-state index contributed by atoms with van der Waals surface area (Å²) in [6, 6.07) is 18.5. The first-order valence-corrected chi connectivity index (χ1v) is 7.23. The molecule has 0 radical (unpaired) electrons. The topological polar surface area (TPSA) is 27.8 Å². The van der Waals surface area contributed by atoms with Gasteiger partial charge in [0.1, 0.15) is 0 Å². The lowest BCUT2D eigenvalue weighted by Crippen LogP contribution is -2.17. The molecule has 0 atom stereocenters. The lowest BCUT2D eigenvalue weighted by Gasteiger charge is -2.00. The number of nitrogens with one attached hydrogen (secondary N) is 2. The summed E-state index contributed by atoms with van der Waals surface area (Å²) in [7, 11) is 0. The van der Waals surface area contributed by atoms with Gasteiger partial charge in [0.05, 0.1) is 6.54 Å². The highest BCUT2D eigenvalue weighted by molar-refractivity contribution is 5.83. The SMILES string of the molecule is C(#Cc1ccccc1)CNCCc1c[nH]c2ccccc12. The van der Waals surface area contributed by atoms with Crippen molar-refractivity contribution < 1.29 is 0 Å². The van der Waals surface area contributed by atoms with Gasteiger partial charge < -0.3 is 10.3 Å². The highest BCUT2D eigenvalue weighted by Crippen LogP contribution is 2.17. The van der Waals surface area contributed by atoms with Crippen LogP contribution in [0.4, 0.5) is 0 Å². The van der Waals surface area contributed by atoms with Crippen LogP contribution in [0.3, 0.4) is 0 Å². The van der Waals surface area contributed by atoms with E-state index in [-0.39, 0.29) is 0 Å². The minimum absolute atomic E-state index is 0.719. The summed E-state index contributed by atoms with van der Waals surface area (Å²) in [6.45, 7) is 1.66. The molecule has 0 bridgehead atoms. The van der Waals surface area contributed by atoms with E-state index < -0.39 is 0 Å². The van der Waals surface area contributed by atoms with Crippen molar-refractivity contribution in [3.63, 3.8) is 0 Å². The second-order valence-corrected chi connectivity index (χ2v) is 4.95. The maximum Gasteiger partial charge on any atom is 0.0580 e. The first-order valence-electron chi connectivity index (χ1n) is 7.23. The second-order valence-electron chi connectivity index (χ2n) is 4.95. The van der Waals surface area contributed by atoms with Crippen molar-refractivity contribution in [3.05, 3.63) is 71.9 Å². The van der Waals surface area contributed by atoms with Crippen LogP contribution in [0, 0.1) is 11.8 Å². The number of aromatic amines is 1. The number of aromatic nitrogens is 1. The maximum atomic E-state index is 3.37. The van der Waals surface area contributed by atoms with Crippen LogP contribution < -0.4 is 5.32 Å². The summed E-state index contributed by atoms with van der Waals surface area (Å²) in [5.74, 6) is 6.30. The van der Waals surface area contributed by atoms with Gasteiger partial charge in [-0.15, -0.1) is 0 Å². The van der Waals surface area contributed by atoms with E-state index >= 15 is 0 Å². The Morgan fingerprint density at radius 3 is 2.67 bits per heavy atom. The van der Waals surface area contributed by atoms with Crippen molar-refractivity contribution in [3.8, 4) is 11.8 Å². The van der Waals surface area contributed by atoms with Gasteiger partial charge in [0, 0.05) is 29.2 Å². The van der Waals surface area contributed by atoms with Gasteiger partial charge in [-0.3, -0.25) is 0 Å². The molecule has 0 spiro atoms. The van der Waals surface area contributed by atoms with Crippen LogP contribution >= 0.6 is 0 Å². The van der Waals surface area contributed by atoms with Gasteiger partial charge in [-0.1, -0.05) is 48.2 Å². The Balaban J connectivity index is 1.48. The van der Waals surface area contributed by atoms with Gasteiger partial charge in [-0.2, -0.15) is 0 Å². The van der Waals surface area contributed by atoms with E-state index in [0.29, 0.717) is 0 Å². The average Bonchev–Trinajstić information content (AvgIpc) is 2.95. The summed E-state index contributed by atoms with van der Waals surface area (Å²) in [5, 5.41) is 4.69. The second kappa shape index (κ2) is 6.78. The van der Waals surface area contributed by atoms with Crippen molar-refractivity contribution in [1.82, 2.24) is 10.3 Å². The smallest absolute Gasteiger partial charge is 0.0580 e. The van der Waals surface area contributed by atoms with Gasteiger partial charge in [-0.25, -0.2) is 0 Å². The molecular formula is C19H18N2. The first-order chi connectivity index (χ1) is 10.4. The molecule has 2 aromatic carbocycles. The summed E-state index contributed by atoms with van der Waals surface area (Å²) < 4.78 is 0. The molecule has 0 saturated heterocycles. The molecule has 1 aromatic heterocycles. The van der Waals surface area contributed by atoms with E-state index in [1.54, 1.807) is 0 Å². The van der Waals surface area contributed by atoms with Gasteiger partial charge in [0.15, 0.2) is 0 Å². The summed E-state index contributed by atoms with van der Waals surface area (Å²) in [6.07, 6.45) is 3.11. The molecular weight excluding hydrogens is 256 g/mol. The highest BCUT2D eigenvalue weighted by atomic mass is 14.8. The molecule has 0 saturated carbocycles. The standard InChI is InChI=1S/C19H18N2/c1-2-7-16(8-3-1)9-6-13-20-14-12-17-15-21-19-11-5-4-10-18(17)19/h1-5,7-8,10-11,15,20-21H,12-14H2. The number of hydrogen-bond donors (Lipinski definition) is 2. The summed E-state index contributed by atoms with van der Waals surface area (Å²) >= 11 is 0. The zero-order valence-electron chi connectivity index (χ0n) is 11.9. The number of rotatable bonds is 4. The molecule has 0 aliphatic heterocycles. The minimum Gasteiger partial charge on any atom is -0.361 e. The van der Waals surface area contributed by atoms with Crippen LogP contribution in [0.25, 0.3) is 10.9 Å². The fourth-order valence-corrected chi connectivity index (χ4v) is 2.38. The average molecular weight is 274 g/mol. The Morgan fingerprint density at radius 1 is 0.952 bits per heavy atom. The Kier molecular flexibility index (Phi) is 4.36. The summed E-state index contributed by atoms with van der Waals surface area (Å²) in [4.78, 5) is 3.31. The van der Waals surface area contributed by atoms with Gasteiger partial charge in [0.2, 0.25) is 0 Å². The molecule has 1 heterocycles. The molecule has 2 nitrogen and oxygen atoms in total. The third-order valence-electron chi connectivity index (χ3n) is 3.47. The van der Waals surface area contributed by atoms with Crippen molar-refractivity contribution in [2.45, 2.75) is 6.42 Å². The third-order valence-corrected chi connectivity index (χ3v) is 3.47. The minimum atomic E-state index is 0.719. The molecule has 0 unspecified atom stereocenters. The molecule has 104 valence electrons. The number of H-pyrrole nitrogens is 1. The van der Waals surface area contributed by atoms with Crippen molar-refractivity contribution >= 4 is 10.9 Å². The Bertz CT molecular complexity index is 760. The molecule has 0 fully saturated rings. The van der Waals surface area contributed by atoms with Crippen molar-refractivity contribution in [2.75, 3.05) is 13.1 Å². The maximum absolute atomic E-state index is 3.37. The molecule has 2 heteroatoms.